The first-order valence-electron chi connectivity index (χ1n) is 6.79. The fourth-order valence-corrected chi connectivity index (χ4v) is 2.51. The number of halogens is 2. The van der Waals surface area contributed by atoms with E-state index in [0.29, 0.717) is 10.9 Å². The Kier molecular flexibility index (Phi) is 4.50. The third kappa shape index (κ3) is 3.63. The Morgan fingerprint density at radius 1 is 1.22 bits per heavy atom. The highest BCUT2D eigenvalue weighted by Crippen LogP contribution is 2.27. The maximum atomic E-state index is 9.89. The molecule has 1 N–H and O–H groups in total. The van der Waals surface area contributed by atoms with Crippen molar-refractivity contribution in [2.24, 2.45) is 4.99 Å². The number of benzene rings is 2. The van der Waals surface area contributed by atoms with Crippen molar-refractivity contribution in [2.45, 2.75) is 6.92 Å². The van der Waals surface area contributed by atoms with E-state index >= 15 is 0 Å². The van der Waals surface area contributed by atoms with Gasteiger partial charge in [-0.25, -0.2) is 4.98 Å². The van der Waals surface area contributed by atoms with Crippen molar-refractivity contribution in [3.8, 4) is 17.4 Å². The molecule has 0 spiro atoms. The van der Waals surface area contributed by atoms with Crippen LogP contribution in [0.15, 0.2) is 56.3 Å². The summed E-state index contributed by atoms with van der Waals surface area (Å²) >= 11 is 9.29. The summed E-state index contributed by atoms with van der Waals surface area (Å²) in [4.78, 5) is 8.59. The van der Waals surface area contributed by atoms with Gasteiger partial charge in [0, 0.05) is 15.1 Å². The lowest BCUT2D eigenvalue weighted by Gasteiger charge is -1.99. The summed E-state index contributed by atoms with van der Waals surface area (Å²) < 4.78 is 6.25. The Balaban J connectivity index is 1.89. The molecule has 4 nitrogen and oxygen atoms in total. The van der Waals surface area contributed by atoms with Crippen molar-refractivity contribution in [2.75, 3.05) is 0 Å². The molecule has 3 rings (SSSR count). The Bertz CT molecular complexity index is 873. The lowest BCUT2D eigenvalue weighted by Crippen LogP contribution is -1.83. The van der Waals surface area contributed by atoms with Crippen molar-refractivity contribution >= 4 is 39.4 Å². The van der Waals surface area contributed by atoms with E-state index in [-0.39, 0.29) is 11.6 Å². The van der Waals surface area contributed by atoms with Gasteiger partial charge >= 0.3 is 5.95 Å². The molecule has 0 aliphatic carbocycles. The fourth-order valence-electron chi connectivity index (χ4n) is 2.02. The zero-order chi connectivity index (χ0) is 16.4. The molecule has 0 saturated heterocycles. The quantitative estimate of drug-likeness (QED) is 0.598. The van der Waals surface area contributed by atoms with E-state index in [2.05, 4.69) is 25.9 Å². The molecule has 1 heterocycles. The molecule has 1 aromatic heterocycles. The van der Waals surface area contributed by atoms with E-state index in [0.717, 1.165) is 21.3 Å². The van der Waals surface area contributed by atoms with Gasteiger partial charge in [0.25, 0.3) is 0 Å². The van der Waals surface area contributed by atoms with Crippen LogP contribution in [-0.2, 0) is 0 Å². The van der Waals surface area contributed by atoms with Crippen LogP contribution in [0.3, 0.4) is 0 Å². The van der Waals surface area contributed by atoms with Crippen LogP contribution < -0.4 is 0 Å². The van der Waals surface area contributed by atoms with Gasteiger partial charge in [0.15, 0.2) is 5.69 Å². The second-order valence-electron chi connectivity index (χ2n) is 4.91. The SMILES string of the molecule is Cc1cc(Cl)ccc1N=Cc1nc(-c2ccc(Br)cc2)oc1O. The van der Waals surface area contributed by atoms with Gasteiger partial charge in [-0.3, -0.25) is 4.99 Å². The van der Waals surface area contributed by atoms with Crippen LogP contribution in [0.2, 0.25) is 5.02 Å². The van der Waals surface area contributed by atoms with Gasteiger partial charge < -0.3 is 9.52 Å². The molecule has 6 heteroatoms. The predicted octanol–water partition coefficient (Wildman–Crippen LogP) is 5.52. The number of nitrogens with zero attached hydrogens (tertiary/aromatic N) is 2. The van der Waals surface area contributed by atoms with Crippen LogP contribution in [0.4, 0.5) is 5.69 Å². The molecule has 0 aliphatic rings. The predicted molar refractivity (Wildman–Crippen MR) is 94.7 cm³/mol. The molecule has 0 bridgehead atoms. The van der Waals surface area contributed by atoms with Crippen LogP contribution in [0.25, 0.3) is 11.5 Å². The second-order valence-corrected chi connectivity index (χ2v) is 6.26. The number of aliphatic imine (C=N–C) groups is 1. The van der Waals surface area contributed by atoms with E-state index in [1.54, 1.807) is 12.1 Å². The number of rotatable bonds is 3. The third-order valence-corrected chi connectivity index (χ3v) is 3.97. The minimum absolute atomic E-state index is 0.265. The maximum absolute atomic E-state index is 9.89. The van der Waals surface area contributed by atoms with Crippen LogP contribution in [-0.4, -0.2) is 16.3 Å². The molecule has 0 fully saturated rings. The molecular weight excluding hydrogens is 380 g/mol. The number of hydrogen-bond acceptors (Lipinski definition) is 4. The molecule has 0 aliphatic heterocycles. The monoisotopic (exact) mass is 390 g/mol. The normalized spacial score (nSPS) is 11.3. The zero-order valence-electron chi connectivity index (χ0n) is 12.1. The molecule has 0 atom stereocenters. The van der Waals surface area contributed by atoms with Gasteiger partial charge in [-0.15, -0.1) is 0 Å². The Morgan fingerprint density at radius 2 is 1.96 bits per heavy atom. The topological polar surface area (TPSA) is 58.6 Å². The molecule has 0 unspecified atom stereocenters. The second kappa shape index (κ2) is 6.56. The number of aromatic hydroxyl groups is 1. The van der Waals surface area contributed by atoms with Gasteiger partial charge in [-0.05, 0) is 55.0 Å². The van der Waals surface area contributed by atoms with E-state index in [4.69, 9.17) is 16.0 Å². The first kappa shape index (κ1) is 15.8. The molecule has 0 amide bonds. The van der Waals surface area contributed by atoms with Gasteiger partial charge in [-0.2, -0.15) is 0 Å². The standard InChI is InChI=1S/C17H12BrClN2O2/c1-10-8-13(19)6-7-14(10)20-9-15-17(22)23-16(21-15)11-2-4-12(18)5-3-11/h2-9,22H,1H3. The highest BCUT2D eigenvalue weighted by molar-refractivity contribution is 9.10. The van der Waals surface area contributed by atoms with Crippen molar-refractivity contribution in [3.05, 3.63) is 63.2 Å². The van der Waals surface area contributed by atoms with Crippen LogP contribution >= 0.6 is 27.5 Å². The number of hydrogen-bond donors (Lipinski definition) is 1. The smallest absolute Gasteiger partial charge is 0.312 e. The largest absolute Gasteiger partial charge is 0.479 e. The molecule has 23 heavy (non-hydrogen) atoms. The van der Waals surface area contributed by atoms with E-state index in [1.807, 2.05) is 37.3 Å². The number of oxazole rings is 1. The molecule has 3 aromatic rings. The average Bonchev–Trinajstić information content (AvgIpc) is 2.88. The van der Waals surface area contributed by atoms with Crippen molar-refractivity contribution in [1.29, 1.82) is 0 Å². The average molecular weight is 392 g/mol. The molecular formula is C17H12BrClN2O2. The van der Waals surface area contributed by atoms with Gasteiger partial charge in [0.05, 0.1) is 11.9 Å². The summed E-state index contributed by atoms with van der Waals surface area (Å²) in [5.41, 5.74) is 2.73. The highest BCUT2D eigenvalue weighted by atomic mass is 79.9. The van der Waals surface area contributed by atoms with Crippen LogP contribution in [0.1, 0.15) is 11.3 Å². The van der Waals surface area contributed by atoms with E-state index in [1.165, 1.54) is 6.21 Å². The summed E-state index contributed by atoms with van der Waals surface area (Å²) in [6.45, 7) is 1.91. The van der Waals surface area contributed by atoms with E-state index < -0.39 is 0 Å². The lowest BCUT2D eigenvalue weighted by molar-refractivity contribution is 0.337. The third-order valence-electron chi connectivity index (χ3n) is 3.21. The first-order chi connectivity index (χ1) is 11.0. The van der Waals surface area contributed by atoms with Crippen molar-refractivity contribution in [3.63, 3.8) is 0 Å². The van der Waals surface area contributed by atoms with Crippen molar-refractivity contribution in [1.82, 2.24) is 4.98 Å². The van der Waals surface area contributed by atoms with Crippen LogP contribution in [0.5, 0.6) is 5.95 Å². The fraction of sp³-hybridized carbons (Fsp3) is 0.0588. The Labute approximate surface area is 146 Å². The number of aryl methyl sites for hydroxylation is 1. The summed E-state index contributed by atoms with van der Waals surface area (Å²) in [6, 6.07) is 12.8. The molecule has 116 valence electrons. The minimum atomic E-state index is -0.265. The lowest BCUT2D eigenvalue weighted by atomic mass is 10.2. The molecule has 0 saturated carbocycles. The Hall–Kier alpha value is -2.11. The highest BCUT2D eigenvalue weighted by Gasteiger charge is 2.12. The minimum Gasteiger partial charge on any atom is -0.479 e. The van der Waals surface area contributed by atoms with E-state index in [9.17, 15) is 5.11 Å². The number of aromatic nitrogens is 1. The Morgan fingerprint density at radius 3 is 2.65 bits per heavy atom. The molecule has 0 radical (unpaired) electrons. The maximum Gasteiger partial charge on any atom is 0.312 e. The molecule has 2 aromatic carbocycles. The summed E-state index contributed by atoms with van der Waals surface area (Å²) in [5.74, 6) is 0.0718. The summed E-state index contributed by atoms with van der Waals surface area (Å²) in [7, 11) is 0. The zero-order valence-corrected chi connectivity index (χ0v) is 14.5. The summed E-state index contributed by atoms with van der Waals surface area (Å²) in [5, 5.41) is 10.5. The first-order valence-corrected chi connectivity index (χ1v) is 7.96. The van der Waals surface area contributed by atoms with Crippen molar-refractivity contribution < 1.29 is 9.52 Å². The summed E-state index contributed by atoms with van der Waals surface area (Å²) in [6.07, 6.45) is 1.47. The van der Waals surface area contributed by atoms with Gasteiger partial charge in [0.1, 0.15) is 0 Å². The van der Waals surface area contributed by atoms with Gasteiger partial charge in [-0.1, -0.05) is 27.5 Å². The van der Waals surface area contributed by atoms with Gasteiger partial charge in [0.2, 0.25) is 5.89 Å². The van der Waals surface area contributed by atoms with Crippen LogP contribution in [0, 0.1) is 6.92 Å².